The summed E-state index contributed by atoms with van der Waals surface area (Å²) in [7, 11) is 0. The third-order valence-electron chi connectivity index (χ3n) is 3.13. The Hall–Kier alpha value is -1.84. The molecule has 0 unspecified atom stereocenters. The van der Waals surface area contributed by atoms with Crippen LogP contribution in [0.15, 0.2) is 48.8 Å². The first-order valence-electron chi connectivity index (χ1n) is 6.09. The van der Waals surface area contributed by atoms with E-state index in [4.69, 9.17) is 23.2 Å². The molecule has 0 fully saturated rings. The molecular weight excluding hydrogens is 293 g/mol. The van der Waals surface area contributed by atoms with Crippen molar-refractivity contribution in [2.75, 3.05) is 0 Å². The number of nitrogens with zero attached hydrogens (tertiary/aromatic N) is 3. The maximum absolute atomic E-state index is 6.24. The van der Waals surface area contributed by atoms with Gasteiger partial charge in [-0.05, 0) is 36.8 Å². The quantitative estimate of drug-likeness (QED) is 0.695. The predicted octanol–water partition coefficient (Wildman–Crippen LogP) is 4.55. The lowest BCUT2D eigenvalue weighted by Gasteiger charge is -2.10. The van der Waals surface area contributed by atoms with Crippen LogP contribution in [0.1, 0.15) is 5.56 Å². The van der Waals surface area contributed by atoms with Crippen molar-refractivity contribution in [3.05, 3.63) is 64.4 Å². The Morgan fingerprint density at radius 3 is 2.50 bits per heavy atom. The Morgan fingerprint density at radius 2 is 1.70 bits per heavy atom. The van der Waals surface area contributed by atoms with E-state index in [1.54, 1.807) is 4.68 Å². The Morgan fingerprint density at radius 1 is 0.950 bits per heavy atom. The van der Waals surface area contributed by atoms with Gasteiger partial charge in [0, 0.05) is 10.6 Å². The molecule has 0 aliphatic rings. The van der Waals surface area contributed by atoms with E-state index >= 15 is 0 Å². The molecule has 100 valence electrons. The Balaban J connectivity index is 2.21. The van der Waals surface area contributed by atoms with E-state index in [2.05, 4.69) is 10.1 Å². The number of rotatable bonds is 2. The lowest BCUT2D eigenvalue weighted by Crippen LogP contribution is -2.02. The maximum atomic E-state index is 6.24. The molecule has 0 N–H and O–H groups in total. The Kier molecular flexibility index (Phi) is 3.47. The topological polar surface area (TPSA) is 30.7 Å². The van der Waals surface area contributed by atoms with Gasteiger partial charge in [-0.15, -0.1) is 0 Å². The summed E-state index contributed by atoms with van der Waals surface area (Å²) >= 11 is 12.4. The van der Waals surface area contributed by atoms with Crippen molar-refractivity contribution >= 4 is 23.2 Å². The highest BCUT2D eigenvalue weighted by molar-refractivity contribution is 6.33. The predicted molar refractivity (Wildman–Crippen MR) is 81.6 cm³/mol. The summed E-state index contributed by atoms with van der Waals surface area (Å²) in [5.41, 5.74) is 2.68. The largest absolute Gasteiger partial charge is 0.215 e. The number of benzene rings is 2. The highest BCUT2D eigenvalue weighted by Crippen LogP contribution is 2.29. The van der Waals surface area contributed by atoms with E-state index in [-0.39, 0.29) is 0 Å². The normalized spacial score (nSPS) is 10.8. The molecule has 3 aromatic rings. The first-order valence-corrected chi connectivity index (χ1v) is 6.84. The minimum Gasteiger partial charge on any atom is -0.215 e. The molecule has 0 saturated carbocycles. The molecule has 3 rings (SSSR count). The van der Waals surface area contributed by atoms with Crippen molar-refractivity contribution in [1.82, 2.24) is 14.8 Å². The molecule has 0 saturated heterocycles. The van der Waals surface area contributed by atoms with Gasteiger partial charge in [-0.25, -0.2) is 9.67 Å². The lowest BCUT2D eigenvalue weighted by atomic mass is 10.1. The van der Waals surface area contributed by atoms with Crippen molar-refractivity contribution < 1.29 is 0 Å². The summed E-state index contributed by atoms with van der Waals surface area (Å²) < 4.78 is 1.75. The fourth-order valence-corrected chi connectivity index (χ4v) is 2.46. The minimum atomic E-state index is 0.640. The van der Waals surface area contributed by atoms with Crippen LogP contribution in [0.25, 0.3) is 17.1 Å². The summed E-state index contributed by atoms with van der Waals surface area (Å²) in [4.78, 5) is 4.32. The molecule has 0 aliphatic heterocycles. The summed E-state index contributed by atoms with van der Waals surface area (Å²) in [6.45, 7) is 1.95. The van der Waals surface area contributed by atoms with Gasteiger partial charge in [-0.1, -0.05) is 41.4 Å². The molecule has 1 heterocycles. The second-order valence-electron chi connectivity index (χ2n) is 4.36. The van der Waals surface area contributed by atoms with Gasteiger partial charge in [0.05, 0.1) is 10.7 Å². The van der Waals surface area contributed by atoms with Gasteiger partial charge in [0.25, 0.3) is 0 Å². The fourth-order valence-electron chi connectivity index (χ4n) is 2.07. The smallest absolute Gasteiger partial charge is 0.164 e. The summed E-state index contributed by atoms with van der Waals surface area (Å²) in [5.74, 6) is 0.695. The third kappa shape index (κ3) is 2.19. The van der Waals surface area contributed by atoms with E-state index in [9.17, 15) is 0 Å². The highest BCUT2D eigenvalue weighted by atomic mass is 35.5. The molecule has 5 heteroatoms. The van der Waals surface area contributed by atoms with Crippen molar-refractivity contribution in [2.24, 2.45) is 0 Å². The maximum Gasteiger partial charge on any atom is 0.164 e. The van der Waals surface area contributed by atoms with Gasteiger partial charge in [0.1, 0.15) is 6.33 Å². The molecule has 2 aromatic carbocycles. The summed E-state index contributed by atoms with van der Waals surface area (Å²) in [6, 6.07) is 13.3. The number of hydrogen-bond donors (Lipinski definition) is 0. The number of aromatic nitrogens is 3. The van der Waals surface area contributed by atoms with Crippen LogP contribution in [0, 0.1) is 6.92 Å². The van der Waals surface area contributed by atoms with Crippen molar-refractivity contribution in [3.8, 4) is 17.1 Å². The fraction of sp³-hybridized carbons (Fsp3) is 0.0667. The molecule has 0 amide bonds. The van der Waals surface area contributed by atoms with Crippen LogP contribution in [-0.2, 0) is 0 Å². The van der Waals surface area contributed by atoms with E-state index in [0.717, 1.165) is 16.8 Å². The molecule has 3 nitrogen and oxygen atoms in total. The standard InChI is InChI=1S/C15H11Cl2N3/c1-10-12(16)7-4-8-14(10)20-15(18-9-19-20)11-5-2-3-6-13(11)17/h2-9H,1H3. The Bertz CT molecular complexity index is 765. The van der Waals surface area contributed by atoms with E-state index in [0.29, 0.717) is 15.9 Å². The SMILES string of the molecule is Cc1c(Cl)cccc1-n1ncnc1-c1ccccc1Cl. The Labute approximate surface area is 126 Å². The van der Waals surface area contributed by atoms with Gasteiger partial charge in [0.15, 0.2) is 5.82 Å². The van der Waals surface area contributed by atoms with Crippen LogP contribution in [0.3, 0.4) is 0 Å². The van der Waals surface area contributed by atoms with E-state index in [1.165, 1.54) is 6.33 Å². The second kappa shape index (κ2) is 5.27. The molecule has 0 atom stereocenters. The van der Waals surface area contributed by atoms with Crippen molar-refractivity contribution in [2.45, 2.75) is 6.92 Å². The zero-order chi connectivity index (χ0) is 14.1. The van der Waals surface area contributed by atoms with Gasteiger partial charge in [-0.3, -0.25) is 0 Å². The molecule has 0 spiro atoms. The molecule has 0 aliphatic carbocycles. The third-order valence-corrected chi connectivity index (χ3v) is 3.87. The monoisotopic (exact) mass is 303 g/mol. The van der Waals surface area contributed by atoms with Crippen molar-refractivity contribution in [3.63, 3.8) is 0 Å². The van der Waals surface area contributed by atoms with Crippen LogP contribution >= 0.6 is 23.2 Å². The molecule has 20 heavy (non-hydrogen) atoms. The van der Waals surface area contributed by atoms with Crippen LogP contribution < -0.4 is 0 Å². The van der Waals surface area contributed by atoms with Crippen LogP contribution in [0.5, 0.6) is 0 Å². The van der Waals surface area contributed by atoms with Crippen LogP contribution in [0.2, 0.25) is 10.0 Å². The lowest BCUT2D eigenvalue weighted by molar-refractivity contribution is 0.879. The second-order valence-corrected chi connectivity index (χ2v) is 5.17. The molecule has 1 aromatic heterocycles. The molecule has 0 radical (unpaired) electrons. The number of hydrogen-bond acceptors (Lipinski definition) is 2. The van der Waals surface area contributed by atoms with Gasteiger partial charge < -0.3 is 0 Å². The average molecular weight is 304 g/mol. The van der Waals surface area contributed by atoms with Crippen LogP contribution in [-0.4, -0.2) is 14.8 Å². The first-order chi connectivity index (χ1) is 9.68. The number of halogens is 2. The van der Waals surface area contributed by atoms with E-state index < -0.39 is 0 Å². The van der Waals surface area contributed by atoms with Gasteiger partial charge in [0.2, 0.25) is 0 Å². The highest BCUT2D eigenvalue weighted by Gasteiger charge is 2.14. The van der Waals surface area contributed by atoms with E-state index in [1.807, 2.05) is 49.4 Å². The zero-order valence-corrected chi connectivity index (χ0v) is 12.2. The molecule has 0 bridgehead atoms. The first kappa shape index (κ1) is 13.2. The zero-order valence-electron chi connectivity index (χ0n) is 10.7. The summed E-state index contributed by atoms with van der Waals surface area (Å²) in [6.07, 6.45) is 1.51. The average Bonchev–Trinajstić information content (AvgIpc) is 2.91. The van der Waals surface area contributed by atoms with Crippen molar-refractivity contribution in [1.29, 1.82) is 0 Å². The van der Waals surface area contributed by atoms with Gasteiger partial charge >= 0.3 is 0 Å². The van der Waals surface area contributed by atoms with Crippen LogP contribution in [0.4, 0.5) is 0 Å². The van der Waals surface area contributed by atoms with Gasteiger partial charge in [-0.2, -0.15) is 5.10 Å². The summed E-state index contributed by atoms with van der Waals surface area (Å²) in [5, 5.41) is 5.63. The molecular formula is C15H11Cl2N3. The minimum absolute atomic E-state index is 0.640.